The smallest absolute Gasteiger partial charge is 0.213 e. The molecule has 0 fully saturated rings. The van der Waals surface area contributed by atoms with Gasteiger partial charge in [0.1, 0.15) is 0 Å². The minimum atomic E-state index is 0. The summed E-state index contributed by atoms with van der Waals surface area (Å²) in [6.07, 6.45) is 2.43. The van der Waals surface area contributed by atoms with Crippen LogP contribution in [0.2, 0.25) is 0 Å². The van der Waals surface area contributed by atoms with Crippen LogP contribution >= 0.6 is 0 Å². The summed E-state index contributed by atoms with van der Waals surface area (Å²) in [7, 11) is 0. The standard InChI is InChI=1S/2C9H13.Zr/c2*1-8(2)7-9-5-3-4-6-9;/h2*3-6,8H,7H2,1-2H3;/q2*-1;+2. The van der Waals surface area contributed by atoms with Gasteiger partial charge in [-0.3, -0.25) is 0 Å². The van der Waals surface area contributed by atoms with Crippen LogP contribution in [0.4, 0.5) is 0 Å². The molecule has 0 spiro atoms. The van der Waals surface area contributed by atoms with Crippen LogP contribution in [0.1, 0.15) is 38.8 Å². The Kier molecular flexibility index (Phi) is 10.2. The van der Waals surface area contributed by atoms with Gasteiger partial charge >= 0.3 is 26.2 Å². The summed E-state index contributed by atoms with van der Waals surface area (Å²) in [6.45, 7) is 8.97. The molecule has 2 aromatic carbocycles. The van der Waals surface area contributed by atoms with E-state index in [2.05, 4.69) is 76.2 Å². The first-order valence-corrected chi connectivity index (χ1v) is 6.99. The fourth-order valence-electron chi connectivity index (χ4n) is 2.04. The summed E-state index contributed by atoms with van der Waals surface area (Å²) in [6, 6.07) is 17.1. The van der Waals surface area contributed by atoms with Gasteiger partial charge in [0.05, 0.1) is 0 Å². The Morgan fingerprint density at radius 2 is 0.895 bits per heavy atom. The molecule has 0 aromatic heterocycles. The van der Waals surface area contributed by atoms with Gasteiger partial charge in [-0.1, -0.05) is 52.4 Å². The molecule has 0 saturated carbocycles. The largest absolute Gasteiger partial charge is 2.00 e. The molecule has 0 saturated heterocycles. The van der Waals surface area contributed by atoms with Gasteiger partial charge in [0.15, 0.2) is 0 Å². The molecule has 0 N–H and O–H groups in total. The molecule has 0 nitrogen and oxygen atoms in total. The molecule has 0 amide bonds. The van der Waals surface area contributed by atoms with Crippen molar-refractivity contribution in [2.75, 3.05) is 0 Å². The van der Waals surface area contributed by atoms with Crippen LogP contribution in [0.25, 0.3) is 0 Å². The van der Waals surface area contributed by atoms with E-state index in [9.17, 15) is 0 Å². The van der Waals surface area contributed by atoms with Gasteiger partial charge in [-0.2, -0.15) is 35.4 Å². The van der Waals surface area contributed by atoms with Gasteiger partial charge < -0.3 is 0 Å². The van der Waals surface area contributed by atoms with Crippen molar-refractivity contribution in [3.05, 3.63) is 59.7 Å². The fourth-order valence-corrected chi connectivity index (χ4v) is 2.04. The quantitative estimate of drug-likeness (QED) is 0.674. The average Bonchev–Trinajstić information content (AvgIpc) is 2.90. The predicted octanol–water partition coefficient (Wildman–Crippen LogP) is 5.21. The summed E-state index contributed by atoms with van der Waals surface area (Å²) in [4.78, 5) is 0. The monoisotopic (exact) mass is 332 g/mol. The molecule has 0 radical (unpaired) electrons. The average molecular weight is 334 g/mol. The maximum atomic E-state index is 2.24. The summed E-state index contributed by atoms with van der Waals surface area (Å²) in [5.41, 5.74) is 2.93. The normalized spacial score (nSPS) is 10.0. The molecule has 2 rings (SSSR count). The fraction of sp³-hybridized carbons (Fsp3) is 0.444. The van der Waals surface area contributed by atoms with E-state index in [1.165, 1.54) is 24.0 Å². The van der Waals surface area contributed by atoms with Crippen molar-refractivity contribution in [1.29, 1.82) is 0 Å². The second-order valence-corrected chi connectivity index (χ2v) is 5.78. The van der Waals surface area contributed by atoms with Gasteiger partial charge in [-0.15, -0.1) is 0 Å². The van der Waals surface area contributed by atoms with Crippen molar-refractivity contribution in [3.8, 4) is 0 Å². The zero-order valence-corrected chi connectivity index (χ0v) is 15.1. The summed E-state index contributed by atoms with van der Waals surface area (Å²) < 4.78 is 0. The molecule has 0 unspecified atom stereocenters. The van der Waals surface area contributed by atoms with E-state index in [0.717, 1.165) is 11.8 Å². The van der Waals surface area contributed by atoms with E-state index in [-0.39, 0.29) is 26.2 Å². The van der Waals surface area contributed by atoms with E-state index >= 15 is 0 Å². The van der Waals surface area contributed by atoms with Gasteiger partial charge in [0.2, 0.25) is 0 Å². The van der Waals surface area contributed by atoms with E-state index in [0.29, 0.717) is 0 Å². The van der Waals surface area contributed by atoms with Crippen molar-refractivity contribution in [2.24, 2.45) is 11.8 Å². The molecule has 0 aliphatic carbocycles. The first-order valence-electron chi connectivity index (χ1n) is 6.99. The van der Waals surface area contributed by atoms with Gasteiger partial charge in [0, 0.05) is 0 Å². The van der Waals surface area contributed by atoms with Crippen molar-refractivity contribution in [3.63, 3.8) is 0 Å². The molecule has 0 heterocycles. The van der Waals surface area contributed by atoms with E-state index in [1.807, 2.05) is 0 Å². The third-order valence-corrected chi connectivity index (χ3v) is 2.75. The van der Waals surface area contributed by atoms with Crippen molar-refractivity contribution >= 4 is 0 Å². The van der Waals surface area contributed by atoms with Crippen LogP contribution in [-0.4, -0.2) is 0 Å². The molecular formula is C18H26Zr. The Bertz CT molecular complexity index is 339. The summed E-state index contributed by atoms with van der Waals surface area (Å²) >= 11 is 0. The third kappa shape index (κ3) is 9.17. The van der Waals surface area contributed by atoms with Crippen LogP contribution in [0, 0.1) is 11.8 Å². The molecule has 0 aliphatic heterocycles. The molecule has 2 aromatic rings. The molecule has 0 bridgehead atoms. The van der Waals surface area contributed by atoms with E-state index < -0.39 is 0 Å². The second kappa shape index (κ2) is 10.4. The Balaban J connectivity index is 0.000000324. The Morgan fingerprint density at radius 1 is 0.632 bits per heavy atom. The van der Waals surface area contributed by atoms with Crippen LogP contribution in [-0.2, 0) is 39.0 Å². The number of hydrogen-bond donors (Lipinski definition) is 0. The maximum Gasteiger partial charge on any atom is 2.00 e. The molecule has 102 valence electrons. The maximum absolute atomic E-state index is 2.24. The Hall–Kier alpha value is -0.417. The molecule has 0 aliphatic rings. The summed E-state index contributed by atoms with van der Waals surface area (Å²) in [5.74, 6) is 1.57. The van der Waals surface area contributed by atoms with Crippen LogP contribution < -0.4 is 0 Å². The van der Waals surface area contributed by atoms with Crippen LogP contribution in [0.15, 0.2) is 48.5 Å². The first-order chi connectivity index (χ1) is 8.58. The zero-order valence-electron chi connectivity index (χ0n) is 12.7. The van der Waals surface area contributed by atoms with Crippen LogP contribution in [0.3, 0.4) is 0 Å². The number of hydrogen-bond acceptors (Lipinski definition) is 0. The van der Waals surface area contributed by atoms with Crippen molar-refractivity contribution in [2.45, 2.75) is 40.5 Å². The van der Waals surface area contributed by atoms with E-state index in [1.54, 1.807) is 0 Å². The molecular weight excluding hydrogens is 307 g/mol. The van der Waals surface area contributed by atoms with Gasteiger partial charge in [0.25, 0.3) is 0 Å². The van der Waals surface area contributed by atoms with E-state index in [4.69, 9.17) is 0 Å². The Labute approximate surface area is 138 Å². The van der Waals surface area contributed by atoms with Gasteiger partial charge in [-0.05, 0) is 0 Å². The third-order valence-electron chi connectivity index (χ3n) is 2.75. The topological polar surface area (TPSA) is 0 Å². The summed E-state index contributed by atoms with van der Waals surface area (Å²) in [5, 5.41) is 0. The molecule has 0 atom stereocenters. The molecule has 1 heteroatoms. The Morgan fingerprint density at radius 3 is 1.11 bits per heavy atom. The molecule has 19 heavy (non-hydrogen) atoms. The minimum absolute atomic E-state index is 0. The van der Waals surface area contributed by atoms with Crippen LogP contribution in [0.5, 0.6) is 0 Å². The first kappa shape index (κ1) is 18.6. The van der Waals surface area contributed by atoms with Crippen molar-refractivity contribution in [1.82, 2.24) is 0 Å². The minimum Gasteiger partial charge on any atom is -0.213 e. The predicted molar refractivity (Wildman–Crippen MR) is 81.2 cm³/mol. The second-order valence-electron chi connectivity index (χ2n) is 5.78. The zero-order chi connectivity index (χ0) is 13.4. The number of rotatable bonds is 4. The van der Waals surface area contributed by atoms with Crippen molar-refractivity contribution < 1.29 is 26.2 Å². The van der Waals surface area contributed by atoms with Gasteiger partial charge in [-0.25, -0.2) is 24.3 Å². The SMILES string of the molecule is CC(C)C[c-]1cccc1.CC(C)C[c-]1cccc1.[Zr+2].